The molecule has 0 unspecified atom stereocenters. The van der Waals surface area contributed by atoms with Crippen molar-refractivity contribution in [3.63, 3.8) is 0 Å². The van der Waals surface area contributed by atoms with Crippen LogP contribution >= 0.6 is 0 Å². The van der Waals surface area contributed by atoms with Crippen LogP contribution in [0.1, 0.15) is 25.5 Å². The molecule has 18 heavy (non-hydrogen) atoms. The molecule has 0 aliphatic heterocycles. The van der Waals surface area contributed by atoms with E-state index in [4.69, 9.17) is 5.11 Å². The van der Waals surface area contributed by atoms with Crippen molar-refractivity contribution in [2.45, 2.75) is 32.4 Å². The zero-order chi connectivity index (χ0) is 13.5. The van der Waals surface area contributed by atoms with Gasteiger partial charge in [-0.15, -0.1) is 0 Å². The first-order valence-electron chi connectivity index (χ1n) is 5.78. The molecule has 1 rings (SSSR count). The van der Waals surface area contributed by atoms with Gasteiger partial charge in [0.1, 0.15) is 6.04 Å². The highest BCUT2D eigenvalue weighted by atomic mass is 16.4. The molecule has 0 fully saturated rings. The van der Waals surface area contributed by atoms with Gasteiger partial charge in [0.05, 0.1) is 12.2 Å². The van der Waals surface area contributed by atoms with E-state index in [-0.39, 0.29) is 6.54 Å². The monoisotopic (exact) mass is 254 g/mol. The Morgan fingerprint density at radius 3 is 2.78 bits per heavy atom. The van der Waals surface area contributed by atoms with Crippen LogP contribution in [-0.2, 0) is 18.4 Å². The Morgan fingerprint density at radius 2 is 2.28 bits per heavy atom. The Morgan fingerprint density at radius 1 is 1.56 bits per heavy atom. The zero-order valence-electron chi connectivity index (χ0n) is 10.5. The summed E-state index contributed by atoms with van der Waals surface area (Å²) in [6, 6.07) is 0.432. The van der Waals surface area contributed by atoms with E-state index in [1.165, 1.54) is 0 Å². The summed E-state index contributed by atoms with van der Waals surface area (Å²) >= 11 is 0. The lowest BCUT2D eigenvalue weighted by Crippen LogP contribution is -2.45. The standard InChI is InChI=1S/C11H18N4O3/c1-3-4-9(10(16)17)13-11(18)12-7-8-5-6-15(2)14-8/h5-6,9H,3-4,7H2,1-2H3,(H,16,17)(H2,12,13,18)/t9-/m1/s1. The highest BCUT2D eigenvalue weighted by Gasteiger charge is 2.18. The van der Waals surface area contributed by atoms with Crippen LogP contribution in [0.5, 0.6) is 0 Å². The average molecular weight is 254 g/mol. The smallest absolute Gasteiger partial charge is 0.326 e. The van der Waals surface area contributed by atoms with Crippen LogP contribution < -0.4 is 10.6 Å². The van der Waals surface area contributed by atoms with Crippen LogP contribution in [0.25, 0.3) is 0 Å². The minimum Gasteiger partial charge on any atom is -0.480 e. The SMILES string of the molecule is CCC[C@@H](NC(=O)NCc1ccn(C)n1)C(=O)O. The summed E-state index contributed by atoms with van der Waals surface area (Å²) in [6.45, 7) is 2.13. The van der Waals surface area contributed by atoms with E-state index in [2.05, 4.69) is 15.7 Å². The molecule has 7 heteroatoms. The topological polar surface area (TPSA) is 96.3 Å². The number of aliphatic carboxylic acids is 1. The molecular weight excluding hydrogens is 236 g/mol. The van der Waals surface area contributed by atoms with E-state index in [0.29, 0.717) is 12.8 Å². The van der Waals surface area contributed by atoms with E-state index in [9.17, 15) is 9.59 Å². The van der Waals surface area contributed by atoms with Crippen molar-refractivity contribution in [2.75, 3.05) is 0 Å². The van der Waals surface area contributed by atoms with Gasteiger partial charge in [0, 0.05) is 13.2 Å². The molecule has 0 saturated heterocycles. The van der Waals surface area contributed by atoms with E-state index < -0.39 is 18.0 Å². The number of nitrogens with zero attached hydrogens (tertiary/aromatic N) is 2. The molecule has 0 radical (unpaired) electrons. The lowest BCUT2D eigenvalue weighted by Gasteiger charge is -2.13. The average Bonchev–Trinajstić information content (AvgIpc) is 2.72. The molecular formula is C11H18N4O3. The van der Waals surface area contributed by atoms with Gasteiger partial charge in [0.15, 0.2) is 0 Å². The fourth-order valence-electron chi connectivity index (χ4n) is 1.48. The first-order valence-corrected chi connectivity index (χ1v) is 5.78. The number of amides is 2. The maximum Gasteiger partial charge on any atom is 0.326 e. The summed E-state index contributed by atoms with van der Waals surface area (Å²) in [6.07, 6.45) is 2.87. The first kappa shape index (κ1) is 14.0. The van der Waals surface area contributed by atoms with Crippen LogP contribution in [0.4, 0.5) is 4.79 Å². The maximum atomic E-state index is 11.5. The Bertz CT molecular complexity index is 416. The van der Waals surface area contributed by atoms with Gasteiger partial charge in [-0.3, -0.25) is 4.68 Å². The van der Waals surface area contributed by atoms with E-state index in [0.717, 1.165) is 5.69 Å². The number of hydrogen-bond acceptors (Lipinski definition) is 3. The number of nitrogens with one attached hydrogen (secondary N) is 2. The molecule has 0 aliphatic carbocycles. The van der Waals surface area contributed by atoms with Crippen LogP contribution in [0.3, 0.4) is 0 Å². The quantitative estimate of drug-likeness (QED) is 0.687. The van der Waals surface area contributed by atoms with Crippen LogP contribution in [-0.4, -0.2) is 32.9 Å². The molecule has 0 saturated carbocycles. The fraction of sp³-hybridized carbons (Fsp3) is 0.545. The van der Waals surface area contributed by atoms with Crippen molar-refractivity contribution in [1.29, 1.82) is 0 Å². The zero-order valence-corrected chi connectivity index (χ0v) is 10.5. The van der Waals surface area contributed by atoms with Crippen molar-refractivity contribution >= 4 is 12.0 Å². The lowest BCUT2D eigenvalue weighted by atomic mass is 10.2. The van der Waals surface area contributed by atoms with Crippen molar-refractivity contribution in [3.8, 4) is 0 Å². The molecule has 1 heterocycles. The van der Waals surface area contributed by atoms with Crippen LogP contribution in [0, 0.1) is 0 Å². The van der Waals surface area contributed by atoms with E-state index in [1.807, 2.05) is 6.92 Å². The molecule has 0 aromatic carbocycles. The number of carboxylic acid groups (broad SMARTS) is 1. The molecule has 1 aromatic rings. The summed E-state index contributed by atoms with van der Waals surface area (Å²) < 4.78 is 1.63. The third-order valence-electron chi connectivity index (χ3n) is 2.38. The molecule has 100 valence electrons. The summed E-state index contributed by atoms with van der Waals surface area (Å²) in [5.41, 5.74) is 0.718. The van der Waals surface area contributed by atoms with Crippen molar-refractivity contribution in [3.05, 3.63) is 18.0 Å². The number of aryl methyl sites for hydroxylation is 1. The van der Waals surface area contributed by atoms with Crippen LogP contribution in [0.15, 0.2) is 12.3 Å². The van der Waals surface area contributed by atoms with E-state index >= 15 is 0 Å². The van der Waals surface area contributed by atoms with Gasteiger partial charge in [0.2, 0.25) is 0 Å². The Labute approximate surface area is 105 Å². The normalized spacial score (nSPS) is 11.9. The third kappa shape index (κ3) is 4.44. The second kappa shape index (κ2) is 6.63. The van der Waals surface area contributed by atoms with Crippen molar-refractivity contribution < 1.29 is 14.7 Å². The summed E-state index contributed by atoms with van der Waals surface area (Å²) in [5.74, 6) is -1.02. The Kier molecular flexibility index (Phi) is 5.16. The van der Waals surface area contributed by atoms with Crippen molar-refractivity contribution in [2.24, 2.45) is 7.05 Å². The number of aromatic nitrogens is 2. The predicted molar refractivity (Wildman–Crippen MR) is 64.9 cm³/mol. The number of urea groups is 1. The van der Waals surface area contributed by atoms with Gasteiger partial charge >= 0.3 is 12.0 Å². The first-order chi connectivity index (χ1) is 8.52. The number of hydrogen-bond donors (Lipinski definition) is 3. The van der Waals surface area contributed by atoms with Gasteiger partial charge in [-0.25, -0.2) is 9.59 Å². The van der Waals surface area contributed by atoms with Gasteiger partial charge in [-0.05, 0) is 12.5 Å². The number of rotatable bonds is 6. The molecule has 3 N–H and O–H groups in total. The molecule has 0 bridgehead atoms. The van der Waals surface area contributed by atoms with Crippen molar-refractivity contribution in [1.82, 2.24) is 20.4 Å². The third-order valence-corrected chi connectivity index (χ3v) is 2.38. The summed E-state index contributed by atoms with van der Waals surface area (Å²) in [5, 5.41) is 18.0. The van der Waals surface area contributed by atoms with Gasteiger partial charge in [-0.2, -0.15) is 5.10 Å². The lowest BCUT2D eigenvalue weighted by molar-refractivity contribution is -0.139. The number of carboxylic acids is 1. The Hall–Kier alpha value is -2.05. The molecule has 2 amide bonds. The molecule has 1 atom stereocenters. The maximum absolute atomic E-state index is 11.5. The largest absolute Gasteiger partial charge is 0.480 e. The minimum absolute atomic E-state index is 0.269. The Balaban J connectivity index is 2.38. The highest BCUT2D eigenvalue weighted by molar-refractivity contribution is 5.82. The predicted octanol–water partition coefficient (Wildman–Crippen LogP) is 0.473. The molecule has 0 aliphatic rings. The number of carbonyl (C=O) groups excluding carboxylic acids is 1. The van der Waals surface area contributed by atoms with E-state index in [1.54, 1.807) is 24.0 Å². The minimum atomic E-state index is -1.02. The highest BCUT2D eigenvalue weighted by Crippen LogP contribution is 1.97. The summed E-state index contributed by atoms with van der Waals surface area (Å²) in [4.78, 5) is 22.3. The molecule has 1 aromatic heterocycles. The van der Waals surface area contributed by atoms with Gasteiger partial charge in [0.25, 0.3) is 0 Å². The van der Waals surface area contributed by atoms with Gasteiger partial charge in [-0.1, -0.05) is 13.3 Å². The summed E-state index contributed by atoms with van der Waals surface area (Å²) in [7, 11) is 1.78. The number of carbonyl (C=O) groups is 2. The second-order valence-corrected chi connectivity index (χ2v) is 3.99. The second-order valence-electron chi connectivity index (χ2n) is 3.99. The fourth-order valence-corrected chi connectivity index (χ4v) is 1.48. The molecule has 0 spiro atoms. The van der Waals surface area contributed by atoms with Crippen LogP contribution in [0.2, 0.25) is 0 Å². The van der Waals surface area contributed by atoms with Gasteiger partial charge < -0.3 is 15.7 Å². The molecule has 7 nitrogen and oxygen atoms in total.